The van der Waals surface area contributed by atoms with Crippen molar-refractivity contribution >= 4 is 0 Å². The Labute approximate surface area is 118 Å². The molecule has 2 rings (SSSR count). The molecule has 0 bridgehead atoms. The quantitative estimate of drug-likeness (QED) is 0.800. The molecule has 0 aromatic carbocycles. The normalized spacial score (nSPS) is 19.1. The minimum Gasteiger partial charge on any atom is -0.309 e. The number of rotatable bonds is 5. The number of pyridine rings is 1. The van der Waals surface area contributed by atoms with Gasteiger partial charge in [0.05, 0.1) is 11.7 Å². The summed E-state index contributed by atoms with van der Waals surface area (Å²) < 4.78 is 0. The lowest BCUT2D eigenvalue weighted by Gasteiger charge is -2.28. The Balaban J connectivity index is 2.22. The summed E-state index contributed by atoms with van der Waals surface area (Å²) in [7, 11) is 0. The summed E-state index contributed by atoms with van der Waals surface area (Å²) in [6.45, 7) is 5.47. The molecule has 2 nitrogen and oxygen atoms in total. The first kappa shape index (κ1) is 14.5. The average Bonchev–Trinajstić information content (AvgIpc) is 2.74. The predicted molar refractivity (Wildman–Crippen MR) is 81.2 cm³/mol. The first-order valence-corrected chi connectivity index (χ1v) is 8.04. The van der Waals surface area contributed by atoms with Crippen molar-refractivity contribution in [2.24, 2.45) is 5.92 Å². The molecule has 19 heavy (non-hydrogen) atoms. The van der Waals surface area contributed by atoms with Crippen LogP contribution in [0.1, 0.15) is 69.7 Å². The van der Waals surface area contributed by atoms with E-state index < -0.39 is 0 Å². The van der Waals surface area contributed by atoms with Crippen LogP contribution in [0, 0.1) is 5.92 Å². The summed E-state index contributed by atoms with van der Waals surface area (Å²) in [5, 5.41) is 3.71. The molecule has 1 fully saturated rings. The van der Waals surface area contributed by atoms with Crippen LogP contribution in [0.5, 0.6) is 0 Å². The monoisotopic (exact) mass is 260 g/mol. The zero-order valence-corrected chi connectivity index (χ0v) is 12.5. The molecule has 1 aliphatic carbocycles. The van der Waals surface area contributed by atoms with Crippen LogP contribution in [0.2, 0.25) is 0 Å². The molecule has 0 radical (unpaired) electrons. The fourth-order valence-electron chi connectivity index (χ4n) is 3.38. The van der Waals surface area contributed by atoms with E-state index in [0.717, 1.165) is 18.9 Å². The number of aryl methyl sites for hydroxylation is 1. The summed E-state index contributed by atoms with van der Waals surface area (Å²) in [6.07, 6.45) is 11.4. The molecule has 1 unspecified atom stereocenters. The van der Waals surface area contributed by atoms with Gasteiger partial charge in [-0.1, -0.05) is 45.6 Å². The molecular weight excluding hydrogens is 232 g/mol. The van der Waals surface area contributed by atoms with Crippen molar-refractivity contribution in [2.75, 3.05) is 6.54 Å². The molecular formula is C17H28N2. The molecule has 0 aliphatic heterocycles. The van der Waals surface area contributed by atoms with E-state index in [1.165, 1.54) is 49.8 Å². The molecule has 1 saturated carbocycles. The molecule has 2 heteroatoms. The Kier molecular flexibility index (Phi) is 5.84. The molecule has 1 aromatic rings. The van der Waals surface area contributed by atoms with Crippen molar-refractivity contribution in [2.45, 2.75) is 64.8 Å². The third-order valence-electron chi connectivity index (χ3n) is 4.40. The van der Waals surface area contributed by atoms with Gasteiger partial charge in [-0.25, -0.2) is 0 Å². The van der Waals surface area contributed by atoms with Gasteiger partial charge in [0.1, 0.15) is 0 Å². The van der Waals surface area contributed by atoms with E-state index in [2.05, 4.69) is 31.3 Å². The van der Waals surface area contributed by atoms with Crippen LogP contribution in [0.15, 0.2) is 18.3 Å². The van der Waals surface area contributed by atoms with E-state index in [0.29, 0.717) is 6.04 Å². The number of hydrogen-bond donors (Lipinski definition) is 1. The first-order valence-electron chi connectivity index (χ1n) is 8.04. The molecule has 1 N–H and O–H groups in total. The van der Waals surface area contributed by atoms with Crippen LogP contribution in [-0.4, -0.2) is 11.5 Å². The van der Waals surface area contributed by atoms with Crippen LogP contribution in [0.25, 0.3) is 0 Å². The highest BCUT2D eigenvalue weighted by molar-refractivity contribution is 5.23. The van der Waals surface area contributed by atoms with E-state index >= 15 is 0 Å². The Hall–Kier alpha value is -0.890. The Bertz CT molecular complexity index is 367. The van der Waals surface area contributed by atoms with Gasteiger partial charge in [0.15, 0.2) is 0 Å². The maximum absolute atomic E-state index is 4.71. The fraction of sp³-hybridized carbons (Fsp3) is 0.706. The zero-order valence-electron chi connectivity index (χ0n) is 12.5. The van der Waals surface area contributed by atoms with Gasteiger partial charge < -0.3 is 5.32 Å². The highest BCUT2D eigenvalue weighted by Gasteiger charge is 2.25. The van der Waals surface area contributed by atoms with Gasteiger partial charge in [-0.3, -0.25) is 4.98 Å². The minimum absolute atomic E-state index is 0.458. The van der Waals surface area contributed by atoms with Crippen LogP contribution in [-0.2, 0) is 6.42 Å². The lowest BCUT2D eigenvalue weighted by Crippen LogP contribution is -2.30. The van der Waals surface area contributed by atoms with Crippen molar-refractivity contribution in [1.82, 2.24) is 10.3 Å². The molecule has 0 spiro atoms. The summed E-state index contributed by atoms with van der Waals surface area (Å²) >= 11 is 0. The summed E-state index contributed by atoms with van der Waals surface area (Å²) in [4.78, 5) is 4.71. The third kappa shape index (κ3) is 3.79. The van der Waals surface area contributed by atoms with Gasteiger partial charge in [-0.2, -0.15) is 0 Å². The van der Waals surface area contributed by atoms with Gasteiger partial charge in [0, 0.05) is 6.20 Å². The molecule has 0 amide bonds. The summed E-state index contributed by atoms with van der Waals surface area (Å²) in [5.74, 6) is 0.766. The lowest BCUT2D eigenvalue weighted by molar-refractivity contribution is 0.323. The summed E-state index contributed by atoms with van der Waals surface area (Å²) in [6, 6.07) is 4.76. The average molecular weight is 260 g/mol. The highest BCUT2D eigenvalue weighted by atomic mass is 14.9. The van der Waals surface area contributed by atoms with Crippen LogP contribution in [0.4, 0.5) is 0 Å². The number of nitrogens with zero attached hydrogens (tertiary/aromatic N) is 1. The summed E-state index contributed by atoms with van der Waals surface area (Å²) in [5.41, 5.74) is 2.72. The second-order valence-electron chi connectivity index (χ2n) is 5.69. The second-order valence-corrected chi connectivity index (χ2v) is 5.69. The van der Waals surface area contributed by atoms with Gasteiger partial charge in [-0.05, 0) is 43.4 Å². The van der Waals surface area contributed by atoms with Crippen molar-refractivity contribution < 1.29 is 0 Å². The fourth-order valence-corrected chi connectivity index (χ4v) is 3.38. The van der Waals surface area contributed by atoms with Crippen molar-refractivity contribution in [1.29, 1.82) is 0 Å². The topological polar surface area (TPSA) is 24.9 Å². The molecule has 1 aromatic heterocycles. The molecule has 1 aliphatic rings. The smallest absolute Gasteiger partial charge is 0.0607 e. The molecule has 1 atom stereocenters. The van der Waals surface area contributed by atoms with Crippen molar-refractivity contribution in [3.63, 3.8) is 0 Å². The Morgan fingerprint density at radius 3 is 2.58 bits per heavy atom. The van der Waals surface area contributed by atoms with Crippen LogP contribution >= 0.6 is 0 Å². The lowest BCUT2D eigenvalue weighted by atomic mass is 9.87. The Morgan fingerprint density at radius 1 is 1.21 bits per heavy atom. The number of aromatic nitrogens is 1. The Morgan fingerprint density at radius 2 is 1.95 bits per heavy atom. The van der Waals surface area contributed by atoms with E-state index in [-0.39, 0.29) is 0 Å². The van der Waals surface area contributed by atoms with Gasteiger partial charge in [0.25, 0.3) is 0 Å². The number of hydrogen-bond acceptors (Lipinski definition) is 2. The van der Waals surface area contributed by atoms with E-state index in [1.54, 1.807) is 0 Å². The van der Waals surface area contributed by atoms with Crippen LogP contribution < -0.4 is 5.32 Å². The van der Waals surface area contributed by atoms with Crippen LogP contribution in [0.3, 0.4) is 0 Å². The molecule has 0 saturated heterocycles. The van der Waals surface area contributed by atoms with Crippen molar-refractivity contribution in [3.05, 3.63) is 29.6 Å². The maximum Gasteiger partial charge on any atom is 0.0607 e. The zero-order chi connectivity index (χ0) is 13.5. The largest absolute Gasteiger partial charge is 0.309 e. The van der Waals surface area contributed by atoms with E-state index in [1.807, 2.05) is 6.20 Å². The SMILES string of the molecule is CCNC(c1ncccc1CC)C1CCCCCC1. The van der Waals surface area contributed by atoms with E-state index in [9.17, 15) is 0 Å². The molecule has 1 heterocycles. The minimum atomic E-state index is 0.458. The third-order valence-corrected chi connectivity index (χ3v) is 4.40. The van der Waals surface area contributed by atoms with Crippen molar-refractivity contribution in [3.8, 4) is 0 Å². The van der Waals surface area contributed by atoms with Gasteiger partial charge in [-0.15, -0.1) is 0 Å². The maximum atomic E-state index is 4.71. The molecule has 106 valence electrons. The standard InChI is InChI=1S/C17H28N2/c1-3-14-12-9-13-19-16(14)17(18-4-2)15-10-7-5-6-8-11-15/h9,12-13,15,17-18H,3-8,10-11H2,1-2H3. The first-order chi connectivity index (χ1) is 9.36. The van der Waals surface area contributed by atoms with E-state index in [4.69, 9.17) is 4.98 Å². The highest BCUT2D eigenvalue weighted by Crippen LogP contribution is 2.34. The number of nitrogens with one attached hydrogen (secondary N) is 1. The van der Waals surface area contributed by atoms with Gasteiger partial charge >= 0.3 is 0 Å². The second kappa shape index (κ2) is 7.64. The predicted octanol–water partition coefficient (Wildman–Crippen LogP) is 4.27. The van der Waals surface area contributed by atoms with Gasteiger partial charge in [0.2, 0.25) is 0 Å².